The number of fused-ring (bicyclic) bond motifs is 1. The Balaban J connectivity index is 1.68. The second-order valence-corrected chi connectivity index (χ2v) is 6.97. The molecule has 1 unspecified atom stereocenters. The summed E-state index contributed by atoms with van der Waals surface area (Å²) in [5.41, 5.74) is -0.0823. The molecule has 28 heavy (non-hydrogen) atoms. The number of likely N-dealkylation sites (tertiary alicyclic amines) is 1. The highest BCUT2D eigenvalue weighted by Gasteiger charge is 2.37. The van der Waals surface area contributed by atoms with E-state index in [4.69, 9.17) is 4.52 Å². The van der Waals surface area contributed by atoms with E-state index in [2.05, 4.69) is 15.2 Å². The number of hydrogen-bond acceptors (Lipinski definition) is 5. The molecule has 0 aromatic carbocycles. The third-order valence-electron chi connectivity index (χ3n) is 5.11. The molecule has 0 saturated carbocycles. The van der Waals surface area contributed by atoms with E-state index < -0.39 is 11.7 Å². The number of alkyl halides is 3. The number of halogens is 3. The second-order valence-electron chi connectivity index (χ2n) is 6.97. The molecule has 3 aromatic rings. The first-order valence-electron chi connectivity index (χ1n) is 8.87. The van der Waals surface area contributed by atoms with Gasteiger partial charge >= 0.3 is 6.18 Å². The van der Waals surface area contributed by atoms with E-state index in [1.165, 1.54) is 17.8 Å². The minimum absolute atomic E-state index is 0.116. The molecule has 4 heterocycles. The standard InChI is InChI=1S/C18H18F3N5O2/c1-10-15-12(18(19,20)21)8-13(23-16(15)28-24-10)11-4-3-7-26(9-11)17(27)14-5-6-22-25(14)2/h5-6,8,11H,3-4,7,9H2,1-2H3. The van der Waals surface area contributed by atoms with Crippen LogP contribution in [0.4, 0.5) is 13.2 Å². The molecule has 1 fully saturated rings. The molecule has 148 valence electrons. The van der Waals surface area contributed by atoms with Crippen LogP contribution in [0.5, 0.6) is 0 Å². The Hall–Kier alpha value is -2.91. The van der Waals surface area contributed by atoms with Crippen molar-refractivity contribution in [1.29, 1.82) is 0 Å². The smallest absolute Gasteiger partial charge is 0.337 e. The maximum absolute atomic E-state index is 13.6. The van der Waals surface area contributed by atoms with Gasteiger partial charge in [-0.2, -0.15) is 18.3 Å². The average Bonchev–Trinajstić information content (AvgIpc) is 3.25. The normalized spacial score (nSPS) is 18.0. The van der Waals surface area contributed by atoms with E-state index in [9.17, 15) is 18.0 Å². The first kappa shape index (κ1) is 18.5. The molecule has 0 N–H and O–H groups in total. The number of pyridine rings is 1. The van der Waals surface area contributed by atoms with Gasteiger partial charge in [0.15, 0.2) is 0 Å². The SMILES string of the molecule is Cc1noc2nc(C3CCCN(C(=O)c4ccnn4C)C3)cc(C(F)(F)F)c12. The van der Waals surface area contributed by atoms with Gasteiger partial charge in [-0.3, -0.25) is 9.48 Å². The first-order chi connectivity index (χ1) is 13.3. The lowest BCUT2D eigenvalue weighted by atomic mass is 9.92. The van der Waals surface area contributed by atoms with Gasteiger partial charge in [0.1, 0.15) is 5.69 Å². The topological polar surface area (TPSA) is 77.1 Å². The van der Waals surface area contributed by atoms with Gasteiger partial charge in [-0.1, -0.05) is 5.16 Å². The molecule has 1 amide bonds. The van der Waals surface area contributed by atoms with E-state index in [-0.39, 0.29) is 40.9 Å². The lowest BCUT2D eigenvalue weighted by molar-refractivity contribution is -0.136. The van der Waals surface area contributed by atoms with Gasteiger partial charge in [0.2, 0.25) is 0 Å². The number of aromatic nitrogens is 4. The van der Waals surface area contributed by atoms with Crippen LogP contribution in [0, 0.1) is 6.92 Å². The summed E-state index contributed by atoms with van der Waals surface area (Å²) in [5.74, 6) is -0.515. The van der Waals surface area contributed by atoms with Crippen molar-refractivity contribution >= 4 is 17.0 Å². The lowest BCUT2D eigenvalue weighted by Crippen LogP contribution is -2.40. The van der Waals surface area contributed by atoms with Crippen LogP contribution < -0.4 is 0 Å². The van der Waals surface area contributed by atoms with Crippen LogP contribution in [0.15, 0.2) is 22.9 Å². The Kier molecular flexibility index (Phi) is 4.35. The van der Waals surface area contributed by atoms with Crippen molar-refractivity contribution in [2.75, 3.05) is 13.1 Å². The van der Waals surface area contributed by atoms with Crippen LogP contribution in [0.1, 0.15) is 46.2 Å². The summed E-state index contributed by atoms with van der Waals surface area (Å²) >= 11 is 0. The van der Waals surface area contributed by atoms with Crippen LogP contribution in [0.25, 0.3) is 11.1 Å². The summed E-state index contributed by atoms with van der Waals surface area (Å²) in [6, 6.07) is 2.69. The summed E-state index contributed by atoms with van der Waals surface area (Å²) in [5, 5.41) is 7.51. The van der Waals surface area contributed by atoms with E-state index in [1.807, 2.05) is 0 Å². The lowest BCUT2D eigenvalue weighted by Gasteiger charge is -2.32. The van der Waals surface area contributed by atoms with Gasteiger partial charge < -0.3 is 9.42 Å². The fourth-order valence-corrected chi connectivity index (χ4v) is 3.70. The number of hydrogen-bond donors (Lipinski definition) is 0. The van der Waals surface area contributed by atoms with Gasteiger partial charge in [0, 0.05) is 32.3 Å². The van der Waals surface area contributed by atoms with Crippen molar-refractivity contribution in [2.45, 2.75) is 31.9 Å². The molecule has 7 nitrogen and oxygen atoms in total. The molecule has 4 rings (SSSR count). The third kappa shape index (κ3) is 3.12. The van der Waals surface area contributed by atoms with E-state index >= 15 is 0 Å². The monoisotopic (exact) mass is 393 g/mol. The van der Waals surface area contributed by atoms with Gasteiger partial charge in [-0.05, 0) is 31.9 Å². The van der Waals surface area contributed by atoms with Crippen molar-refractivity contribution in [1.82, 2.24) is 24.8 Å². The highest BCUT2D eigenvalue weighted by molar-refractivity contribution is 5.92. The van der Waals surface area contributed by atoms with Gasteiger partial charge in [0.25, 0.3) is 11.6 Å². The second kappa shape index (κ2) is 6.61. The first-order valence-corrected chi connectivity index (χ1v) is 8.87. The Morgan fingerprint density at radius 3 is 2.82 bits per heavy atom. The maximum atomic E-state index is 13.6. The molecular weight excluding hydrogens is 375 g/mol. The summed E-state index contributed by atoms with van der Waals surface area (Å²) in [6.07, 6.45) is -1.71. The van der Waals surface area contributed by atoms with Crippen LogP contribution in [0.2, 0.25) is 0 Å². The molecule has 1 aliphatic rings. The van der Waals surface area contributed by atoms with Crippen LogP contribution in [-0.4, -0.2) is 43.8 Å². The Bertz CT molecular complexity index is 1040. The molecule has 3 aromatic heterocycles. The Morgan fingerprint density at radius 2 is 2.14 bits per heavy atom. The summed E-state index contributed by atoms with van der Waals surface area (Å²) in [4.78, 5) is 18.7. The fourth-order valence-electron chi connectivity index (χ4n) is 3.70. The molecule has 0 spiro atoms. The van der Waals surface area contributed by atoms with Crippen molar-refractivity contribution in [3.05, 3.63) is 41.0 Å². The van der Waals surface area contributed by atoms with Crippen LogP contribution >= 0.6 is 0 Å². The predicted octanol–water partition coefficient (Wildman–Crippen LogP) is 3.30. The number of carbonyl (C=O) groups excluding carboxylic acids is 1. The molecule has 0 radical (unpaired) electrons. The molecule has 0 aliphatic carbocycles. The molecule has 1 aliphatic heterocycles. The quantitative estimate of drug-likeness (QED) is 0.668. The highest BCUT2D eigenvalue weighted by atomic mass is 19.4. The predicted molar refractivity (Wildman–Crippen MR) is 92.6 cm³/mol. The zero-order valence-corrected chi connectivity index (χ0v) is 15.3. The van der Waals surface area contributed by atoms with Gasteiger partial charge in [-0.15, -0.1) is 0 Å². The zero-order valence-electron chi connectivity index (χ0n) is 15.3. The zero-order chi connectivity index (χ0) is 20.1. The Labute approximate surface area is 158 Å². The van der Waals surface area contributed by atoms with Gasteiger partial charge in [-0.25, -0.2) is 4.98 Å². The van der Waals surface area contributed by atoms with E-state index in [0.29, 0.717) is 25.1 Å². The van der Waals surface area contributed by atoms with Crippen LogP contribution in [-0.2, 0) is 13.2 Å². The van der Waals surface area contributed by atoms with Gasteiger partial charge in [0.05, 0.1) is 22.3 Å². The number of nitrogens with zero attached hydrogens (tertiary/aromatic N) is 5. The number of piperidine rings is 1. The molecule has 1 atom stereocenters. The Morgan fingerprint density at radius 1 is 1.36 bits per heavy atom. The minimum Gasteiger partial charge on any atom is -0.337 e. The number of amides is 1. The van der Waals surface area contributed by atoms with E-state index in [0.717, 1.165) is 6.07 Å². The minimum atomic E-state index is -4.55. The molecule has 0 bridgehead atoms. The molecule has 10 heteroatoms. The molecule has 1 saturated heterocycles. The number of rotatable bonds is 2. The number of aryl methyl sites for hydroxylation is 2. The van der Waals surface area contributed by atoms with Crippen molar-refractivity contribution < 1.29 is 22.5 Å². The van der Waals surface area contributed by atoms with Crippen molar-refractivity contribution in [3.8, 4) is 0 Å². The largest absolute Gasteiger partial charge is 0.417 e. The summed E-state index contributed by atoms with van der Waals surface area (Å²) in [7, 11) is 1.67. The average molecular weight is 393 g/mol. The summed E-state index contributed by atoms with van der Waals surface area (Å²) < 4.78 is 47.3. The van der Waals surface area contributed by atoms with Crippen molar-refractivity contribution in [3.63, 3.8) is 0 Å². The maximum Gasteiger partial charge on any atom is 0.417 e. The third-order valence-corrected chi connectivity index (χ3v) is 5.11. The van der Waals surface area contributed by atoms with Crippen molar-refractivity contribution in [2.24, 2.45) is 7.05 Å². The van der Waals surface area contributed by atoms with E-state index in [1.54, 1.807) is 18.0 Å². The number of carbonyl (C=O) groups is 1. The summed E-state index contributed by atoms with van der Waals surface area (Å²) in [6.45, 7) is 2.28. The highest BCUT2D eigenvalue weighted by Crippen LogP contribution is 2.38. The fraction of sp³-hybridized carbons (Fsp3) is 0.444. The molecular formula is C18H18F3N5O2. The van der Waals surface area contributed by atoms with Crippen LogP contribution in [0.3, 0.4) is 0 Å².